The van der Waals surface area contributed by atoms with Gasteiger partial charge in [0, 0.05) is 10.6 Å². The topological polar surface area (TPSA) is 70.7 Å². The molecule has 0 aromatic carbocycles. The Bertz CT molecular complexity index is 418. The highest BCUT2D eigenvalue weighted by Crippen LogP contribution is 2.37. The number of carbonyl (C=O) groups is 1. The molecule has 2 rings (SSSR count). The Labute approximate surface area is 110 Å². The van der Waals surface area contributed by atoms with Crippen LogP contribution in [0, 0.1) is 12.8 Å². The molecule has 18 heavy (non-hydrogen) atoms. The summed E-state index contributed by atoms with van der Waals surface area (Å²) >= 11 is 1.58. The number of aliphatic hydroxyl groups is 1. The Kier molecular flexibility index (Phi) is 4.02. The van der Waals surface area contributed by atoms with Gasteiger partial charge >= 0.3 is 5.97 Å². The van der Waals surface area contributed by atoms with Crippen molar-refractivity contribution in [3.05, 3.63) is 18.1 Å². The summed E-state index contributed by atoms with van der Waals surface area (Å²) in [6.07, 6.45) is 3.90. The van der Waals surface area contributed by atoms with Crippen LogP contribution in [-0.4, -0.2) is 27.5 Å². The highest BCUT2D eigenvalue weighted by atomic mass is 32.2. The van der Waals surface area contributed by atoms with E-state index in [1.807, 2.05) is 13.0 Å². The fourth-order valence-corrected chi connectivity index (χ4v) is 3.40. The van der Waals surface area contributed by atoms with E-state index in [-0.39, 0.29) is 5.92 Å². The molecule has 1 saturated carbocycles. The Hall–Kier alpha value is -0.940. The molecular weight excluding hydrogens is 252 g/mol. The molecule has 1 heterocycles. The van der Waals surface area contributed by atoms with E-state index in [2.05, 4.69) is 0 Å². The molecule has 0 atom stereocenters. The lowest BCUT2D eigenvalue weighted by molar-refractivity contribution is -0.144. The molecule has 0 unspecified atom stereocenters. The van der Waals surface area contributed by atoms with Gasteiger partial charge in [-0.3, -0.25) is 4.79 Å². The van der Waals surface area contributed by atoms with Crippen LogP contribution in [0.4, 0.5) is 0 Å². The lowest BCUT2D eigenvalue weighted by Gasteiger charge is -2.34. The number of carboxylic acids is 1. The van der Waals surface area contributed by atoms with Crippen LogP contribution in [0.25, 0.3) is 0 Å². The molecule has 0 aliphatic heterocycles. The van der Waals surface area contributed by atoms with Gasteiger partial charge in [-0.25, -0.2) is 0 Å². The molecule has 5 heteroatoms. The highest BCUT2D eigenvalue weighted by Gasteiger charge is 2.35. The second-order valence-electron chi connectivity index (χ2n) is 4.97. The number of hydrogen-bond acceptors (Lipinski definition) is 4. The predicted octanol–water partition coefficient (Wildman–Crippen LogP) is 2.69. The van der Waals surface area contributed by atoms with Crippen molar-refractivity contribution >= 4 is 17.7 Å². The first kappa shape index (κ1) is 13.5. The lowest BCUT2D eigenvalue weighted by atomic mass is 9.80. The van der Waals surface area contributed by atoms with Gasteiger partial charge in [-0.2, -0.15) is 0 Å². The molecule has 1 aromatic heterocycles. The Morgan fingerprint density at radius 2 is 2.22 bits per heavy atom. The smallest absolute Gasteiger partial charge is 0.306 e. The number of aryl methyl sites for hydroxylation is 1. The van der Waals surface area contributed by atoms with Crippen LogP contribution in [0.1, 0.15) is 31.4 Å². The summed E-state index contributed by atoms with van der Waals surface area (Å²) in [5, 5.41) is 19.3. The van der Waals surface area contributed by atoms with Gasteiger partial charge in [0.15, 0.2) is 0 Å². The van der Waals surface area contributed by atoms with Crippen LogP contribution < -0.4 is 0 Å². The molecule has 1 aromatic rings. The van der Waals surface area contributed by atoms with Gasteiger partial charge in [0.05, 0.1) is 17.8 Å². The van der Waals surface area contributed by atoms with Gasteiger partial charge in [-0.05, 0) is 38.7 Å². The maximum Gasteiger partial charge on any atom is 0.306 e. The van der Waals surface area contributed by atoms with Gasteiger partial charge in [0.2, 0.25) is 0 Å². The molecule has 4 nitrogen and oxygen atoms in total. The van der Waals surface area contributed by atoms with Crippen molar-refractivity contribution in [2.24, 2.45) is 5.92 Å². The van der Waals surface area contributed by atoms with Crippen molar-refractivity contribution in [3.8, 4) is 0 Å². The first-order valence-electron chi connectivity index (χ1n) is 6.12. The summed E-state index contributed by atoms with van der Waals surface area (Å²) < 4.78 is 5.21. The molecular formula is C13H18O4S. The second kappa shape index (κ2) is 5.36. The van der Waals surface area contributed by atoms with Gasteiger partial charge in [0.25, 0.3) is 0 Å². The summed E-state index contributed by atoms with van der Waals surface area (Å²) in [6.45, 7) is 1.90. The largest absolute Gasteiger partial charge is 0.481 e. The summed E-state index contributed by atoms with van der Waals surface area (Å²) in [5.41, 5.74) is -0.736. The Morgan fingerprint density at radius 1 is 1.56 bits per heavy atom. The monoisotopic (exact) mass is 270 g/mol. The van der Waals surface area contributed by atoms with E-state index in [4.69, 9.17) is 9.52 Å². The van der Waals surface area contributed by atoms with Crippen LogP contribution in [0.2, 0.25) is 0 Å². The van der Waals surface area contributed by atoms with E-state index in [1.54, 1.807) is 18.0 Å². The van der Waals surface area contributed by atoms with Crippen LogP contribution in [-0.2, 0) is 4.79 Å². The minimum absolute atomic E-state index is 0.286. The Morgan fingerprint density at radius 3 is 2.72 bits per heavy atom. The summed E-state index contributed by atoms with van der Waals surface area (Å²) in [4.78, 5) is 11.9. The summed E-state index contributed by atoms with van der Waals surface area (Å²) in [7, 11) is 0. The maximum atomic E-state index is 10.9. The predicted molar refractivity (Wildman–Crippen MR) is 68.7 cm³/mol. The number of hydrogen-bond donors (Lipinski definition) is 2. The van der Waals surface area contributed by atoms with E-state index < -0.39 is 11.6 Å². The van der Waals surface area contributed by atoms with E-state index >= 15 is 0 Å². The molecule has 1 aliphatic carbocycles. The molecule has 0 spiro atoms. The van der Waals surface area contributed by atoms with E-state index in [9.17, 15) is 9.90 Å². The van der Waals surface area contributed by atoms with E-state index in [0.717, 1.165) is 10.7 Å². The average Bonchev–Trinajstić information content (AvgIpc) is 2.73. The molecule has 0 amide bonds. The fourth-order valence-electron chi connectivity index (χ4n) is 2.28. The molecule has 2 N–H and O–H groups in total. The molecule has 100 valence electrons. The second-order valence-corrected chi connectivity index (χ2v) is 5.98. The lowest BCUT2D eigenvalue weighted by Crippen LogP contribution is -2.38. The maximum absolute atomic E-state index is 10.9. The van der Waals surface area contributed by atoms with Crippen LogP contribution in [0.5, 0.6) is 0 Å². The Balaban J connectivity index is 1.86. The molecule has 0 saturated heterocycles. The first-order chi connectivity index (χ1) is 8.50. The van der Waals surface area contributed by atoms with Crippen molar-refractivity contribution in [1.29, 1.82) is 0 Å². The normalized spacial score (nSPS) is 28.2. The zero-order valence-corrected chi connectivity index (χ0v) is 11.2. The van der Waals surface area contributed by atoms with E-state index in [0.29, 0.717) is 31.4 Å². The molecule has 1 fully saturated rings. The zero-order valence-electron chi connectivity index (χ0n) is 10.4. The van der Waals surface area contributed by atoms with Gasteiger partial charge in [0.1, 0.15) is 5.76 Å². The molecule has 0 bridgehead atoms. The molecule has 0 radical (unpaired) electrons. The van der Waals surface area contributed by atoms with Gasteiger partial charge in [-0.15, -0.1) is 11.8 Å². The quantitative estimate of drug-likeness (QED) is 0.823. The van der Waals surface area contributed by atoms with Gasteiger partial charge in [-0.1, -0.05) is 0 Å². The number of rotatable bonds is 4. The van der Waals surface area contributed by atoms with Crippen molar-refractivity contribution in [3.63, 3.8) is 0 Å². The standard InChI is InChI=1S/C13H18O4S/c1-9-11(4-7-17-9)18-8-13(16)5-2-10(3-6-13)12(14)15/h4,7,10,16H,2-3,5-6,8H2,1H3,(H,14,15). The third-order valence-corrected chi connectivity index (χ3v) is 4.99. The van der Waals surface area contributed by atoms with Crippen LogP contribution >= 0.6 is 11.8 Å². The minimum Gasteiger partial charge on any atom is -0.481 e. The van der Waals surface area contributed by atoms with Crippen molar-refractivity contribution in [2.45, 2.75) is 43.1 Å². The number of furan rings is 1. The number of thioether (sulfide) groups is 1. The van der Waals surface area contributed by atoms with Crippen molar-refractivity contribution in [1.82, 2.24) is 0 Å². The minimum atomic E-state index is -0.740. The van der Waals surface area contributed by atoms with E-state index in [1.165, 1.54) is 0 Å². The SMILES string of the molecule is Cc1occc1SCC1(O)CCC(C(=O)O)CC1. The highest BCUT2D eigenvalue weighted by molar-refractivity contribution is 7.99. The third kappa shape index (κ3) is 3.09. The van der Waals surface area contributed by atoms with Crippen LogP contribution in [0.15, 0.2) is 21.6 Å². The number of aliphatic carboxylic acids is 1. The zero-order chi connectivity index (χ0) is 13.2. The average molecular weight is 270 g/mol. The van der Waals surface area contributed by atoms with Crippen LogP contribution in [0.3, 0.4) is 0 Å². The summed E-state index contributed by atoms with van der Waals surface area (Å²) in [6, 6.07) is 1.90. The fraction of sp³-hybridized carbons (Fsp3) is 0.615. The van der Waals surface area contributed by atoms with Crippen molar-refractivity contribution < 1.29 is 19.4 Å². The molecule has 1 aliphatic rings. The van der Waals surface area contributed by atoms with Gasteiger partial charge < -0.3 is 14.6 Å². The third-order valence-electron chi connectivity index (χ3n) is 3.57. The first-order valence-corrected chi connectivity index (χ1v) is 7.11. The van der Waals surface area contributed by atoms with Crippen molar-refractivity contribution in [2.75, 3.05) is 5.75 Å². The summed E-state index contributed by atoms with van der Waals surface area (Å²) in [5.74, 6) is 0.434. The number of carboxylic acid groups (broad SMARTS) is 1.